The molecular weight excluding hydrogens is 435 g/mol. The van der Waals surface area contributed by atoms with Crippen molar-refractivity contribution >= 4 is 24.0 Å². The Bertz CT molecular complexity index is 833. The van der Waals surface area contributed by atoms with Crippen molar-refractivity contribution in [3.63, 3.8) is 0 Å². The van der Waals surface area contributed by atoms with Crippen LogP contribution in [-0.4, -0.2) is 66.8 Å². The first-order chi connectivity index (χ1) is 14.6. The number of hydrogen-bond acceptors (Lipinski definition) is 5. The molecule has 0 spiro atoms. The second-order valence-electron chi connectivity index (χ2n) is 8.37. The highest BCUT2D eigenvalue weighted by Crippen LogP contribution is 2.23. The molecule has 1 aromatic carbocycles. The molecule has 2 aliphatic rings. The first-order valence-corrected chi connectivity index (χ1v) is 11.4. The van der Waals surface area contributed by atoms with Crippen molar-refractivity contribution in [2.45, 2.75) is 39.4 Å². The number of hydrogen-bond donors (Lipinski definition) is 1. The highest BCUT2D eigenvalue weighted by Gasteiger charge is 2.31. The molecule has 172 valence electrons. The van der Waals surface area contributed by atoms with Crippen LogP contribution in [0.3, 0.4) is 0 Å². The predicted octanol–water partition coefficient (Wildman–Crippen LogP) is 3.45. The monoisotopic (exact) mass is 468 g/mol. The van der Waals surface area contributed by atoms with Gasteiger partial charge in [0, 0.05) is 61.0 Å². The van der Waals surface area contributed by atoms with Gasteiger partial charge in [-0.05, 0) is 31.9 Å². The van der Waals surface area contributed by atoms with Crippen molar-refractivity contribution in [1.82, 2.24) is 20.0 Å². The van der Waals surface area contributed by atoms with E-state index in [-0.39, 0.29) is 12.4 Å². The van der Waals surface area contributed by atoms with Gasteiger partial charge in [-0.3, -0.25) is 9.58 Å². The maximum absolute atomic E-state index is 6.35. The Morgan fingerprint density at radius 1 is 1.16 bits per heavy atom. The highest BCUT2D eigenvalue weighted by atomic mass is 35.5. The first kappa shape index (κ1) is 24.5. The number of nitrogens with zero attached hydrogens (tertiary/aromatic N) is 3. The van der Waals surface area contributed by atoms with Crippen molar-refractivity contribution in [2.75, 3.05) is 46.1 Å². The van der Waals surface area contributed by atoms with E-state index in [1.165, 1.54) is 11.3 Å². The summed E-state index contributed by atoms with van der Waals surface area (Å²) in [6, 6.07) is 8.48. The third kappa shape index (κ3) is 6.01. The summed E-state index contributed by atoms with van der Waals surface area (Å²) in [7, 11) is 0. The van der Waals surface area contributed by atoms with Gasteiger partial charge in [-0.1, -0.05) is 29.8 Å². The maximum atomic E-state index is 6.35. The van der Waals surface area contributed by atoms with E-state index in [1.54, 1.807) is 0 Å². The van der Waals surface area contributed by atoms with Crippen LogP contribution in [0.15, 0.2) is 24.3 Å². The average molecular weight is 469 g/mol. The fourth-order valence-corrected chi connectivity index (χ4v) is 4.83. The number of benzene rings is 1. The third-order valence-electron chi connectivity index (χ3n) is 6.49. The Hall–Kier alpha value is -1.15. The van der Waals surface area contributed by atoms with Crippen molar-refractivity contribution in [3.8, 4) is 0 Å². The Balaban J connectivity index is 0.00000272. The molecule has 0 radical (unpaired) electrons. The fraction of sp³-hybridized carbons (Fsp3) is 0.609. The Labute approximate surface area is 196 Å². The van der Waals surface area contributed by atoms with E-state index < -0.39 is 0 Å². The van der Waals surface area contributed by atoms with E-state index in [0.717, 1.165) is 75.3 Å². The minimum absolute atomic E-state index is 0. The number of aryl methyl sites for hydroxylation is 1. The van der Waals surface area contributed by atoms with Gasteiger partial charge < -0.3 is 14.8 Å². The lowest BCUT2D eigenvalue weighted by molar-refractivity contribution is 0.00137. The number of aromatic nitrogens is 2. The Morgan fingerprint density at radius 2 is 1.94 bits per heavy atom. The normalized spacial score (nSPS) is 20.5. The van der Waals surface area contributed by atoms with Crippen LogP contribution in [0.1, 0.15) is 28.9 Å². The molecule has 2 aliphatic heterocycles. The summed E-state index contributed by atoms with van der Waals surface area (Å²) in [5.74, 6) is 0.598. The predicted molar refractivity (Wildman–Crippen MR) is 126 cm³/mol. The van der Waals surface area contributed by atoms with Crippen LogP contribution in [0.25, 0.3) is 0 Å². The maximum Gasteiger partial charge on any atom is 0.0677 e. The van der Waals surface area contributed by atoms with Gasteiger partial charge in [0.2, 0.25) is 0 Å². The molecule has 4 rings (SSSR count). The molecule has 8 heteroatoms. The van der Waals surface area contributed by atoms with Crippen molar-refractivity contribution < 1.29 is 9.47 Å². The Kier molecular flexibility index (Phi) is 9.19. The number of halogens is 2. The molecule has 3 heterocycles. The molecule has 2 unspecified atom stereocenters. The van der Waals surface area contributed by atoms with Gasteiger partial charge in [0.15, 0.2) is 0 Å². The topological polar surface area (TPSA) is 51.5 Å². The van der Waals surface area contributed by atoms with E-state index in [4.69, 9.17) is 26.2 Å². The molecule has 0 bridgehead atoms. The largest absolute Gasteiger partial charge is 0.381 e. The minimum Gasteiger partial charge on any atom is -0.381 e. The van der Waals surface area contributed by atoms with Crippen molar-refractivity contribution in [1.29, 1.82) is 0 Å². The van der Waals surface area contributed by atoms with Gasteiger partial charge in [-0.2, -0.15) is 5.10 Å². The molecule has 0 amide bonds. The van der Waals surface area contributed by atoms with Gasteiger partial charge in [0.25, 0.3) is 0 Å². The zero-order chi connectivity index (χ0) is 20.9. The SMILES string of the molecule is Cc1nn(Cc2ccccc2Cl)c(C)c1CNCC(C1CCOC1)N1CCOCC1.Cl. The summed E-state index contributed by atoms with van der Waals surface area (Å²) in [5, 5.41) is 9.30. The molecule has 2 atom stereocenters. The standard InChI is InChI=1S/C23H33ClN4O2.ClH/c1-17-21(18(2)28(26-17)15-19-5-3-4-6-22(19)24)13-25-14-23(20-7-10-30-16-20)27-8-11-29-12-9-27;/h3-6,20,23,25H,7-16H2,1-2H3;1H. The van der Waals surface area contributed by atoms with E-state index in [9.17, 15) is 0 Å². The molecule has 1 N–H and O–H groups in total. The highest BCUT2D eigenvalue weighted by molar-refractivity contribution is 6.31. The third-order valence-corrected chi connectivity index (χ3v) is 6.86. The van der Waals surface area contributed by atoms with Crippen molar-refractivity contribution in [2.24, 2.45) is 5.92 Å². The summed E-state index contributed by atoms with van der Waals surface area (Å²) in [4.78, 5) is 2.58. The fourth-order valence-electron chi connectivity index (χ4n) is 4.64. The van der Waals surface area contributed by atoms with Crippen LogP contribution in [0.4, 0.5) is 0 Å². The summed E-state index contributed by atoms with van der Waals surface area (Å²) in [6.07, 6.45) is 1.15. The van der Waals surface area contributed by atoms with Crippen LogP contribution < -0.4 is 5.32 Å². The molecule has 2 aromatic rings. The van der Waals surface area contributed by atoms with Crippen LogP contribution in [-0.2, 0) is 22.6 Å². The molecule has 0 saturated carbocycles. The van der Waals surface area contributed by atoms with E-state index in [0.29, 0.717) is 18.5 Å². The number of ether oxygens (including phenoxy) is 2. The lowest BCUT2D eigenvalue weighted by Gasteiger charge is -2.37. The van der Waals surface area contributed by atoms with Crippen LogP contribution in [0.5, 0.6) is 0 Å². The molecule has 31 heavy (non-hydrogen) atoms. The van der Waals surface area contributed by atoms with Crippen LogP contribution >= 0.6 is 24.0 Å². The molecule has 1 aromatic heterocycles. The smallest absolute Gasteiger partial charge is 0.0677 e. The lowest BCUT2D eigenvalue weighted by atomic mass is 9.96. The van der Waals surface area contributed by atoms with Gasteiger partial charge in [-0.15, -0.1) is 12.4 Å². The van der Waals surface area contributed by atoms with Crippen molar-refractivity contribution in [3.05, 3.63) is 51.8 Å². The van der Waals surface area contributed by atoms with E-state index in [1.807, 2.05) is 18.2 Å². The number of rotatable bonds is 8. The summed E-state index contributed by atoms with van der Waals surface area (Å²) in [6.45, 7) is 12.2. The van der Waals surface area contributed by atoms with Gasteiger partial charge >= 0.3 is 0 Å². The summed E-state index contributed by atoms with van der Waals surface area (Å²) in [5.41, 5.74) is 4.66. The minimum atomic E-state index is 0. The van der Waals surface area contributed by atoms with Gasteiger partial charge in [0.05, 0.1) is 32.1 Å². The molecule has 2 fully saturated rings. The summed E-state index contributed by atoms with van der Waals surface area (Å²) >= 11 is 6.35. The average Bonchev–Trinajstić information content (AvgIpc) is 3.37. The van der Waals surface area contributed by atoms with E-state index in [2.05, 4.69) is 34.8 Å². The molecular formula is C23H34Cl2N4O2. The first-order valence-electron chi connectivity index (χ1n) is 11.0. The quantitative estimate of drug-likeness (QED) is 0.642. The molecule has 0 aliphatic carbocycles. The molecule has 2 saturated heterocycles. The van der Waals surface area contributed by atoms with Gasteiger partial charge in [-0.25, -0.2) is 0 Å². The van der Waals surface area contributed by atoms with Crippen LogP contribution in [0.2, 0.25) is 5.02 Å². The van der Waals surface area contributed by atoms with E-state index >= 15 is 0 Å². The second-order valence-corrected chi connectivity index (χ2v) is 8.78. The lowest BCUT2D eigenvalue weighted by Crippen LogP contribution is -2.51. The zero-order valence-electron chi connectivity index (χ0n) is 18.5. The van der Waals surface area contributed by atoms with Crippen LogP contribution in [0, 0.1) is 19.8 Å². The summed E-state index contributed by atoms with van der Waals surface area (Å²) < 4.78 is 13.3. The molecule has 6 nitrogen and oxygen atoms in total. The van der Waals surface area contributed by atoms with Gasteiger partial charge in [0.1, 0.15) is 0 Å². The second kappa shape index (κ2) is 11.6. The Morgan fingerprint density at radius 3 is 2.65 bits per heavy atom. The zero-order valence-corrected chi connectivity index (χ0v) is 20.1. The number of nitrogens with one attached hydrogen (secondary N) is 1. The number of morpholine rings is 1.